The normalized spacial score (nSPS) is 9.78. The van der Waals surface area contributed by atoms with Crippen LogP contribution in [0.1, 0.15) is 11.1 Å². The minimum Gasteiger partial charge on any atom is -0.493 e. The van der Waals surface area contributed by atoms with Gasteiger partial charge in [-0.1, -0.05) is 0 Å². The van der Waals surface area contributed by atoms with Gasteiger partial charge >= 0.3 is 0 Å². The Morgan fingerprint density at radius 3 is 2.44 bits per heavy atom. The Morgan fingerprint density at radius 1 is 1.28 bits per heavy atom. The van der Waals surface area contributed by atoms with Crippen LogP contribution in [0.4, 0.5) is 0 Å². The zero-order valence-electron chi connectivity index (χ0n) is 11.0. The molecule has 0 aliphatic carbocycles. The lowest BCUT2D eigenvalue weighted by Crippen LogP contribution is -2.69. The first-order valence-corrected chi connectivity index (χ1v) is 6.05. The fraction of sp³-hybridized carbons (Fsp3) is 0.417. The number of quaternary nitrogens is 1. The van der Waals surface area contributed by atoms with Gasteiger partial charge in [-0.2, -0.15) is 0 Å². The standard InChI is InChI=1S/C12H19N3O2S/c1-8-6-10(16-2)11(17-3)7-9(8)4-5-14-12(18)15-13/h6-7H,4-5,13H2,1-3H3,(H2,14,15,18)/p+1. The number of hydrogen-bond acceptors (Lipinski definition) is 3. The van der Waals surface area contributed by atoms with Gasteiger partial charge in [-0.25, -0.2) is 5.43 Å². The van der Waals surface area contributed by atoms with Crippen LogP contribution in [0.15, 0.2) is 12.1 Å². The van der Waals surface area contributed by atoms with E-state index in [4.69, 9.17) is 21.7 Å². The molecule has 0 aromatic heterocycles. The molecular weight excluding hydrogens is 250 g/mol. The molecule has 0 fully saturated rings. The maximum Gasteiger partial charge on any atom is 0.213 e. The Bertz CT molecular complexity index is 424. The number of aryl methyl sites for hydroxylation is 1. The van der Waals surface area contributed by atoms with E-state index in [0.29, 0.717) is 5.11 Å². The summed E-state index contributed by atoms with van der Waals surface area (Å²) >= 11 is 4.96. The van der Waals surface area contributed by atoms with Gasteiger partial charge < -0.3 is 14.8 Å². The van der Waals surface area contributed by atoms with E-state index in [2.05, 4.69) is 23.5 Å². The highest BCUT2D eigenvalue weighted by molar-refractivity contribution is 7.80. The molecular formula is C12H20N3O2S+. The molecule has 18 heavy (non-hydrogen) atoms. The molecule has 1 aromatic carbocycles. The van der Waals surface area contributed by atoms with E-state index in [-0.39, 0.29) is 0 Å². The number of methoxy groups -OCH3 is 2. The molecule has 0 radical (unpaired) electrons. The molecule has 0 spiro atoms. The molecule has 0 aliphatic rings. The van der Waals surface area contributed by atoms with Crippen LogP contribution < -0.4 is 26.1 Å². The molecule has 0 atom stereocenters. The molecule has 0 bridgehead atoms. The van der Waals surface area contributed by atoms with Crippen molar-refractivity contribution >= 4 is 17.3 Å². The summed E-state index contributed by atoms with van der Waals surface area (Å²) in [6, 6.07) is 3.97. The van der Waals surface area contributed by atoms with Gasteiger partial charge in [0.2, 0.25) is 5.11 Å². The fourth-order valence-corrected chi connectivity index (χ4v) is 1.77. The monoisotopic (exact) mass is 270 g/mol. The van der Waals surface area contributed by atoms with Crippen LogP contribution in [0.3, 0.4) is 0 Å². The van der Waals surface area contributed by atoms with Crippen molar-refractivity contribution in [3.63, 3.8) is 0 Å². The summed E-state index contributed by atoms with van der Waals surface area (Å²) in [7, 11) is 3.27. The smallest absolute Gasteiger partial charge is 0.213 e. The van der Waals surface area contributed by atoms with Gasteiger partial charge in [0.15, 0.2) is 11.5 Å². The first kappa shape index (κ1) is 14.5. The molecule has 0 heterocycles. The Labute approximate surface area is 113 Å². The van der Waals surface area contributed by atoms with Crippen LogP contribution in [-0.4, -0.2) is 25.9 Å². The molecule has 5 nitrogen and oxygen atoms in total. The Hall–Kier alpha value is -1.53. The molecule has 1 aromatic rings. The third-order valence-electron chi connectivity index (χ3n) is 2.68. The number of hydrogen-bond donors (Lipinski definition) is 3. The van der Waals surface area contributed by atoms with Crippen molar-refractivity contribution in [2.45, 2.75) is 13.3 Å². The van der Waals surface area contributed by atoms with E-state index < -0.39 is 0 Å². The largest absolute Gasteiger partial charge is 0.493 e. The lowest BCUT2D eigenvalue weighted by Gasteiger charge is -2.13. The van der Waals surface area contributed by atoms with Gasteiger partial charge in [-0.3, -0.25) is 5.84 Å². The third-order valence-corrected chi connectivity index (χ3v) is 2.97. The number of thiocarbonyl (C=S) groups is 1. The van der Waals surface area contributed by atoms with E-state index >= 15 is 0 Å². The zero-order valence-corrected chi connectivity index (χ0v) is 11.8. The third kappa shape index (κ3) is 3.75. The second kappa shape index (κ2) is 7.03. The second-order valence-electron chi connectivity index (χ2n) is 3.82. The Morgan fingerprint density at radius 2 is 1.89 bits per heavy atom. The first-order chi connectivity index (χ1) is 8.62. The highest BCUT2D eigenvalue weighted by Gasteiger charge is 2.08. The van der Waals surface area contributed by atoms with Crippen LogP contribution in [-0.2, 0) is 6.42 Å². The molecule has 100 valence electrons. The molecule has 6 heteroatoms. The summed E-state index contributed by atoms with van der Waals surface area (Å²) in [6.45, 7) is 2.80. The second-order valence-corrected chi connectivity index (χ2v) is 4.22. The predicted molar refractivity (Wildman–Crippen MR) is 74.6 cm³/mol. The number of rotatable bonds is 5. The van der Waals surface area contributed by atoms with E-state index in [0.717, 1.165) is 24.5 Å². The van der Waals surface area contributed by atoms with Crippen molar-refractivity contribution in [2.24, 2.45) is 0 Å². The minimum atomic E-state index is 0.549. The summed E-state index contributed by atoms with van der Waals surface area (Å²) < 4.78 is 10.5. The fourth-order valence-electron chi connectivity index (χ4n) is 1.67. The summed E-state index contributed by atoms with van der Waals surface area (Å²) in [5, 5.41) is 3.61. The molecule has 0 unspecified atom stereocenters. The highest BCUT2D eigenvalue weighted by atomic mass is 32.1. The van der Waals surface area contributed by atoms with Gasteiger partial charge in [0, 0.05) is 6.54 Å². The predicted octanol–water partition coefficient (Wildman–Crippen LogP) is 0.176. The molecule has 0 saturated carbocycles. The van der Waals surface area contributed by atoms with Crippen LogP contribution in [0, 0.1) is 6.92 Å². The van der Waals surface area contributed by atoms with Crippen LogP contribution >= 0.6 is 12.2 Å². The number of nitrogens with one attached hydrogen (secondary N) is 2. The Balaban J connectivity index is 2.73. The summed E-state index contributed by atoms with van der Waals surface area (Å²) in [4.78, 5) is 0. The Kier molecular flexibility index (Phi) is 5.67. The highest BCUT2D eigenvalue weighted by Crippen LogP contribution is 2.30. The zero-order chi connectivity index (χ0) is 13.5. The van der Waals surface area contributed by atoms with E-state index in [9.17, 15) is 0 Å². The van der Waals surface area contributed by atoms with E-state index in [1.165, 1.54) is 11.1 Å². The summed E-state index contributed by atoms with van der Waals surface area (Å²) in [5.41, 5.74) is 5.00. The topological polar surface area (TPSA) is 70.2 Å². The average molecular weight is 270 g/mol. The summed E-state index contributed by atoms with van der Waals surface area (Å²) in [5.74, 6) is 4.99. The van der Waals surface area contributed by atoms with Crippen LogP contribution in [0.2, 0.25) is 0 Å². The van der Waals surface area contributed by atoms with Gasteiger partial charge in [0.25, 0.3) is 0 Å². The molecule has 0 saturated heterocycles. The van der Waals surface area contributed by atoms with Crippen molar-refractivity contribution in [3.8, 4) is 11.5 Å². The average Bonchev–Trinajstić information content (AvgIpc) is 2.39. The lowest BCUT2D eigenvalue weighted by molar-refractivity contribution is -0.419. The maximum absolute atomic E-state index is 5.29. The van der Waals surface area contributed by atoms with Gasteiger partial charge in [-0.05, 0) is 48.8 Å². The first-order valence-electron chi connectivity index (χ1n) is 5.64. The van der Waals surface area contributed by atoms with Gasteiger partial charge in [-0.15, -0.1) is 0 Å². The minimum absolute atomic E-state index is 0.549. The SMILES string of the molecule is COc1cc(C)c(CCNC(=S)N[NH3+])cc1OC. The van der Waals surface area contributed by atoms with Crippen molar-refractivity contribution in [1.82, 2.24) is 10.7 Å². The molecule has 0 aliphatic heterocycles. The molecule has 5 N–H and O–H groups in total. The van der Waals surface area contributed by atoms with Crippen molar-refractivity contribution < 1.29 is 15.3 Å². The lowest BCUT2D eigenvalue weighted by atomic mass is 10.0. The maximum atomic E-state index is 5.29. The van der Waals surface area contributed by atoms with Crippen LogP contribution in [0.25, 0.3) is 0 Å². The van der Waals surface area contributed by atoms with E-state index in [1.54, 1.807) is 14.2 Å². The van der Waals surface area contributed by atoms with Gasteiger partial charge in [0.05, 0.1) is 14.2 Å². The molecule has 1 rings (SSSR count). The quantitative estimate of drug-likeness (QED) is 0.526. The number of ether oxygens (including phenoxy) is 2. The van der Waals surface area contributed by atoms with E-state index in [1.807, 2.05) is 12.1 Å². The molecule has 0 amide bonds. The van der Waals surface area contributed by atoms with Crippen molar-refractivity contribution in [1.29, 1.82) is 0 Å². The number of benzene rings is 1. The van der Waals surface area contributed by atoms with Gasteiger partial charge in [0.1, 0.15) is 0 Å². The van der Waals surface area contributed by atoms with Crippen molar-refractivity contribution in [3.05, 3.63) is 23.3 Å². The van der Waals surface area contributed by atoms with Crippen LogP contribution in [0.5, 0.6) is 11.5 Å². The van der Waals surface area contributed by atoms with Crippen molar-refractivity contribution in [2.75, 3.05) is 20.8 Å². The summed E-state index contributed by atoms with van der Waals surface area (Å²) in [6.07, 6.45) is 0.855.